The monoisotopic (exact) mass is 1370 g/mol. The largest absolute Gasteiger partial charge is 0.481 e. The maximum Gasteiger partial charge on any atom is 0.373 e. The van der Waals surface area contributed by atoms with Crippen LogP contribution < -0.4 is 47.9 Å². The van der Waals surface area contributed by atoms with E-state index in [1.165, 1.54) is 25.3 Å². The highest BCUT2D eigenvalue weighted by atomic mass is 35.5. The van der Waals surface area contributed by atoms with Gasteiger partial charge < -0.3 is 62.6 Å². The lowest BCUT2D eigenvalue weighted by atomic mass is 9.92. The van der Waals surface area contributed by atoms with Crippen LogP contribution in [0.3, 0.4) is 0 Å². The van der Waals surface area contributed by atoms with Gasteiger partial charge in [-0.3, -0.25) is 57.7 Å². The third kappa shape index (κ3) is 18.0. The van der Waals surface area contributed by atoms with Gasteiger partial charge in [0.05, 0.1) is 55.5 Å². The van der Waals surface area contributed by atoms with Crippen LogP contribution in [0.1, 0.15) is 105 Å². The van der Waals surface area contributed by atoms with Crippen molar-refractivity contribution in [2.24, 2.45) is 5.92 Å². The molecule has 5 amide bonds. The first-order chi connectivity index (χ1) is 46.7. The number of anilines is 3. The number of ketones is 2. The number of nitrogens with two attached hydrogens (primary N) is 1. The number of aromatic amines is 3. The quantitative estimate of drug-likeness (QED) is 0.0136. The number of alkyl halides is 3. The first-order valence-electron chi connectivity index (χ1n) is 29.8. The number of hydrogen-bond donors (Lipinski definition) is 12. The number of carboxylic acid groups (broad SMARTS) is 2. The van der Waals surface area contributed by atoms with E-state index in [2.05, 4.69) is 51.2 Å². The number of hydrogen-bond acceptors (Lipinski definition) is 19. The summed E-state index contributed by atoms with van der Waals surface area (Å²) in [7, 11) is 0.932. The van der Waals surface area contributed by atoms with Gasteiger partial charge >= 0.3 is 30.0 Å². The van der Waals surface area contributed by atoms with Crippen molar-refractivity contribution in [3.05, 3.63) is 159 Å². The minimum Gasteiger partial charge on any atom is -0.481 e. The van der Waals surface area contributed by atoms with Crippen LogP contribution in [0.2, 0.25) is 0 Å². The van der Waals surface area contributed by atoms with Gasteiger partial charge in [0.25, 0.3) is 23.3 Å². The molecule has 508 valence electrons. The molecule has 98 heavy (non-hydrogen) atoms. The van der Waals surface area contributed by atoms with Crippen molar-refractivity contribution in [2.45, 2.75) is 76.3 Å². The molecule has 0 saturated heterocycles. The lowest BCUT2D eigenvalue weighted by Gasteiger charge is -2.21. The number of carbonyl (C=O) groups is 10. The highest BCUT2D eigenvalue weighted by Crippen LogP contribution is 2.49. The highest BCUT2D eigenvalue weighted by Gasteiger charge is 2.41. The van der Waals surface area contributed by atoms with Crippen LogP contribution in [0.5, 0.6) is 5.75 Å². The Bertz CT molecular complexity index is 4700. The average molecular weight is 1370 g/mol. The molecule has 29 nitrogen and oxygen atoms in total. The normalized spacial score (nSPS) is 13.6. The molecule has 0 aliphatic heterocycles. The van der Waals surface area contributed by atoms with Crippen molar-refractivity contribution in [1.29, 1.82) is 0 Å². The number of nitrogens with one attached hydrogen (secondary N) is 9. The molecule has 5 aromatic carbocycles. The van der Waals surface area contributed by atoms with E-state index in [1.807, 2.05) is 85.8 Å². The fourth-order valence-electron chi connectivity index (χ4n) is 10.9. The Balaban J connectivity index is 0.000000243. The van der Waals surface area contributed by atoms with Crippen molar-refractivity contribution < 1.29 is 81.3 Å². The molecule has 32 heteroatoms. The number of ether oxygens (including phenoxy) is 1. The number of aryl methyl sites for hydroxylation is 1. The Morgan fingerprint density at radius 1 is 0.796 bits per heavy atom. The van der Waals surface area contributed by atoms with E-state index in [4.69, 9.17) is 36.8 Å². The summed E-state index contributed by atoms with van der Waals surface area (Å²) in [5.41, 5.74) is 12.5. The van der Waals surface area contributed by atoms with Crippen molar-refractivity contribution in [3.8, 4) is 5.75 Å². The molecule has 0 radical (unpaired) electrons. The lowest BCUT2D eigenvalue weighted by Crippen LogP contribution is -2.49. The molecule has 10 rings (SSSR count). The molecule has 0 saturated carbocycles. The minimum atomic E-state index is -4.05. The summed E-state index contributed by atoms with van der Waals surface area (Å²) in [6, 6.07) is 29.1. The summed E-state index contributed by atoms with van der Waals surface area (Å²) in [4.78, 5) is 173. The zero-order valence-electron chi connectivity index (χ0n) is 52.2. The summed E-state index contributed by atoms with van der Waals surface area (Å²) in [5.74, 6) is -14.9. The second-order valence-electron chi connectivity index (χ2n) is 22.4. The van der Waals surface area contributed by atoms with E-state index in [1.54, 1.807) is 22.8 Å². The van der Waals surface area contributed by atoms with Gasteiger partial charge in [-0.2, -0.15) is 23.4 Å². The van der Waals surface area contributed by atoms with Crippen molar-refractivity contribution in [3.63, 3.8) is 0 Å². The Labute approximate surface area is 557 Å². The summed E-state index contributed by atoms with van der Waals surface area (Å²) >= 11 is 6.43. The number of H-pyrrole nitrogens is 3. The first-order valence-corrected chi connectivity index (χ1v) is 30.4. The number of fused-ring (bicyclic) bond motifs is 6. The van der Waals surface area contributed by atoms with Crippen molar-refractivity contribution >= 4 is 138 Å². The van der Waals surface area contributed by atoms with Crippen LogP contribution in [0.25, 0.3) is 43.7 Å². The molecule has 4 aromatic heterocycles. The van der Waals surface area contributed by atoms with Crippen LogP contribution in [0, 0.1) is 12.8 Å². The number of halogens is 3. The van der Waals surface area contributed by atoms with Crippen molar-refractivity contribution in [1.82, 2.24) is 51.2 Å². The lowest BCUT2D eigenvalue weighted by molar-refractivity contribution is -0.192. The number of rotatable bonds is 25. The average Bonchev–Trinajstić information content (AvgIpc) is 1.57. The third-order valence-corrected chi connectivity index (χ3v) is 15.8. The maximum absolute atomic E-state index is 14.0. The predicted molar refractivity (Wildman–Crippen MR) is 349 cm³/mol. The summed E-state index contributed by atoms with van der Waals surface area (Å²) in [5, 5.41) is 36.0. The Kier molecular flexibility index (Phi) is 23.3. The standard InChI is InChI=1S/C35H28ClN3O4.C30H34F2N10O10.CO2/c1-18-7-9-28-20(11-18)15-31(39-28)35(42)37-23-8-10-29-21(12-23)14-30(38-29)34(41)27-13-22(17-36)33-25-6-4-3-5-24(25)32(16-26(27)33)43-19(2)40;1-34-28(52)30(31,32)13-38-26(50)15(9-21(45)46)8-19(43)18(10-22(47)48)40-20(44)6-7-35-25(49)14-2-4-16(5-3-14)36-11-17-12-37-24-23(39-17)27(51)42-29(33)41-24;2-1-3/h3-12,14-16,22,27,38-39H,13,17H2,1-2H3,(H,37,42);2-5,12,15,18,36H,6-11,13H2,1H3,(H,34,52)(H,35,49)(H,38,50)(H,40,44)(H,45,46)(H,47,48)(H3,33,37,41,42,51);/t;15-,18-;/m.0./s1. The van der Waals surface area contributed by atoms with E-state index >= 15 is 0 Å². The smallest absolute Gasteiger partial charge is 0.373 e. The SMILES string of the molecule is CC(=O)Oc1cc2c(c3ccccc13)C(CCl)CC2C(=O)c1cc2cc(NC(=O)c3cc4cc(C)ccc4[nH]3)ccc2[nH]1.CNC(=O)C(F)(F)CNC(=O)[C@H](CC(=O)O)CC(=O)[C@H](CC(=O)O)NC(=O)CCNC(=O)c1ccc(NCc2cnc3nc(N)[nH]c(=O)c3n2)cc1.O=C=O. The number of aliphatic carboxylic acids is 2. The number of Topliss-reactive ketones (excluding diaryl/α,β-unsaturated/α-hetero) is 2. The van der Waals surface area contributed by atoms with Crippen LogP contribution in [0.15, 0.2) is 114 Å². The summed E-state index contributed by atoms with van der Waals surface area (Å²) < 4.78 is 33.2. The number of aromatic nitrogens is 6. The Hall–Kier alpha value is -12.1. The number of benzene rings is 5. The van der Waals surface area contributed by atoms with E-state index in [0.29, 0.717) is 46.5 Å². The van der Waals surface area contributed by atoms with Crippen LogP contribution >= 0.6 is 11.6 Å². The molecule has 9 aromatic rings. The molecule has 4 atom stereocenters. The molecule has 0 bridgehead atoms. The highest BCUT2D eigenvalue weighted by molar-refractivity contribution is 6.19. The minimum absolute atomic E-state index is 0.00984. The number of nitrogens with zero attached hydrogens (tertiary/aromatic N) is 3. The molecular formula is C66H62ClF2N13O16. The number of carbonyl (C=O) groups excluding carboxylic acids is 10. The molecule has 0 fully saturated rings. The fourth-order valence-corrected chi connectivity index (χ4v) is 11.2. The zero-order valence-corrected chi connectivity index (χ0v) is 53.0. The zero-order chi connectivity index (χ0) is 71.1. The van der Waals surface area contributed by atoms with Gasteiger partial charge in [0.15, 0.2) is 22.7 Å². The number of nitrogen functional groups attached to an aromatic ring is 1. The molecule has 0 spiro atoms. The van der Waals surface area contributed by atoms with Gasteiger partial charge in [-0.25, -0.2) is 9.97 Å². The van der Waals surface area contributed by atoms with Gasteiger partial charge in [0.1, 0.15) is 11.4 Å². The molecule has 1 aliphatic carbocycles. The summed E-state index contributed by atoms with van der Waals surface area (Å²) in [6.07, 6.45) is -1.09. The van der Waals surface area contributed by atoms with E-state index in [-0.39, 0.29) is 59.5 Å². The van der Waals surface area contributed by atoms with Gasteiger partial charge in [0.2, 0.25) is 17.8 Å². The van der Waals surface area contributed by atoms with Gasteiger partial charge in [0, 0.05) is 89.3 Å². The Morgan fingerprint density at radius 3 is 2.12 bits per heavy atom. The predicted octanol–water partition coefficient (Wildman–Crippen LogP) is 5.93. The first kappa shape index (κ1) is 71.7. The van der Waals surface area contributed by atoms with E-state index in [0.717, 1.165) is 56.3 Å². The van der Waals surface area contributed by atoms with Crippen LogP contribution in [-0.4, -0.2) is 143 Å². The van der Waals surface area contributed by atoms with E-state index < -0.39 is 109 Å². The maximum atomic E-state index is 14.0. The molecule has 4 heterocycles. The number of amides is 5. The molecular weight excluding hydrogens is 1300 g/mol. The van der Waals surface area contributed by atoms with E-state index in [9.17, 15) is 66.6 Å². The van der Waals surface area contributed by atoms with Crippen LogP contribution in [0.4, 0.5) is 26.1 Å². The fraction of sp³-hybridized carbons (Fsp3) is 0.258. The number of esters is 1. The Morgan fingerprint density at radius 2 is 1.45 bits per heavy atom. The second kappa shape index (κ2) is 31.9. The summed E-state index contributed by atoms with van der Waals surface area (Å²) in [6.45, 7) is 1.81. The molecule has 2 unspecified atom stereocenters. The number of carboxylic acids is 2. The van der Waals surface area contributed by atoms with Gasteiger partial charge in [-0.1, -0.05) is 35.9 Å². The molecule has 1 aliphatic rings. The third-order valence-electron chi connectivity index (χ3n) is 15.4. The molecule has 13 N–H and O–H groups in total. The van der Waals surface area contributed by atoms with Crippen molar-refractivity contribution in [2.75, 3.05) is 42.4 Å². The van der Waals surface area contributed by atoms with Gasteiger partial charge in [-0.15, -0.1) is 11.6 Å². The van der Waals surface area contributed by atoms with Crippen LogP contribution in [-0.2, 0) is 49.7 Å². The second-order valence-corrected chi connectivity index (χ2v) is 22.7. The van der Waals surface area contributed by atoms with Gasteiger partial charge in [-0.05, 0) is 109 Å². The topological polar surface area (TPSA) is 456 Å².